The number of aromatic amines is 1. The topological polar surface area (TPSA) is 79.0 Å². The minimum absolute atomic E-state index is 0.129. The van der Waals surface area contributed by atoms with Crippen LogP contribution in [0.5, 0.6) is 0 Å². The lowest BCUT2D eigenvalue weighted by Crippen LogP contribution is -2.32. The molecule has 29 heavy (non-hydrogen) atoms. The summed E-state index contributed by atoms with van der Waals surface area (Å²) >= 11 is 0. The number of rotatable bonds is 4. The standard InChI is InChI=1S/C23H22N4O2/c1-4-27(13-21-25-19-8-6-5-7-17(19)22(28)26-21)23(29)18-12-16-10-9-14(2)11-20(16)24-15(18)3/h5-12H,4,13H2,1-3H3,(H,25,26,28). The molecular weight excluding hydrogens is 364 g/mol. The summed E-state index contributed by atoms with van der Waals surface area (Å²) in [6, 6.07) is 15.1. The Balaban J connectivity index is 1.68. The van der Waals surface area contributed by atoms with Crippen molar-refractivity contribution in [3.8, 4) is 0 Å². The molecule has 0 radical (unpaired) electrons. The van der Waals surface area contributed by atoms with E-state index >= 15 is 0 Å². The summed E-state index contributed by atoms with van der Waals surface area (Å²) in [6.07, 6.45) is 0. The Bertz CT molecular complexity index is 1290. The number of hydrogen-bond acceptors (Lipinski definition) is 4. The van der Waals surface area contributed by atoms with Crippen LogP contribution in [0.3, 0.4) is 0 Å². The fourth-order valence-electron chi connectivity index (χ4n) is 3.48. The fourth-order valence-corrected chi connectivity index (χ4v) is 3.48. The lowest BCUT2D eigenvalue weighted by molar-refractivity contribution is 0.0747. The average molecular weight is 386 g/mol. The molecule has 146 valence electrons. The summed E-state index contributed by atoms with van der Waals surface area (Å²) in [7, 11) is 0. The molecule has 0 fully saturated rings. The van der Waals surface area contributed by atoms with Crippen LogP contribution < -0.4 is 5.56 Å². The number of carbonyl (C=O) groups excluding carboxylic acids is 1. The summed E-state index contributed by atoms with van der Waals surface area (Å²) in [6.45, 7) is 6.48. The third kappa shape index (κ3) is 3.61. The SMILES string of the molecule is CCN(Cc1nc2ccccc2c(=O)[nH]1)C(=O)c1cc2ccc(C)cc2nc1C. The number of amides is 1. The van der Waals surface area contributed by atoms with Gasteiger partial charge < -0.3 is 9.88 Å². The molecule has 0 unspecified atom stereocenters. The van der Waals surface area contributed by atoms with E-state index in [1.54, 1.807) is 23.1 Å². The maximum absolute atomic E-state index is 13.2. The van der Waals surface area contributed by atoms with Gasteiger partial charge >= 0.3 is 0 Å². The first-order valence-corrected chi connectivity index (χ1v) is 9.61. The highest BCUT2D eigenvalue weighted by Gasteiger charge is 2.19. The number of nitrogens with zero attached hydrogens (tertiary/aromatic N) is 3. The average Bonchev–Trinajstić information content (AvgIpc) is 2.71. The second-order valence-electron chi connectivity index (χ2n) is 7.17. The second kappa shape index (κ2) is 7.47. The smallest absolute Gasteiger partial charge is 0.258 e. The molecule has 6 nitrogen and oxygen atoms in total. The van der Waals surface area contributed by atoms with Crippen molar-refractivity contribution in [3.05, 3.63) is 81.5 Å². The molecule has 0 bridgehead atoms. The molecule has 0 spiro atoms. The van der Waals surface area contributed by atoms with Crippen LogP contribution in [0.15, 0.2) is 53.3 Å². The van der Waals surface area contributed by atoms with Crippen LogP contribution in [-0.2, 0) is 6.54 Å². The Morgan fingerprint density at radius 3 is 2.62 bits per heavy atom. The lowest BCUT2D eigenvalue weighted by atomic mass is 10.1. The lowest BCUT2D eigenvalue weighted by Gasteiger charge is -2.21. The van der Waals surface area contributed by atoms with Crippen molar-refractivity contribution >= 4 is 27.7 Å². The number of aryl methyl sites for hydroxylation is 2. The van der Waals surface area contributed by atoms with Crippen LogP contribution in [0.25, 0.3) is 21.8 Å². The molecule has 0 aliphatic heterocycles. The van der Waals surface area contributed by atoms with E-state index < -0.39 is 0 Å². The number of nitrogens with one attached hydrogen (secondary N) is 1. The number of H-pyrrole nitrogens is 1. The number of pyridine rings is 1. The van der Waals surface area contributed by atoms with Crippen molar-refractivity contribution in [1.82, 2.24) is 19.9 Å². The molecule has 0 saturated carbocycles. The largest absolute Gasteiger partial charge is 0.331 e. The second-order valence-corrected chi connectivity index (χ2v) is 7.17. The highest BCUT2D eigenvalue weighted by molar-refractivity contribution is 5.98. The van der Waals surface area contributed by atoms with Gasteiger partial charge in [-0.25, -0.2) is 4.98 Å². The van der Waals surface area contributed by atoms with Crippen molar-refractivity contribution in [2.24, 2.45) is 0 Å². The molecule has 1 amide bonds. The monoisotopic (exact) mass is 386 g/mol. The molecule has 0 aliphatic rings. The van der Waals surface area contributed by atoms with Gasteiger partial charge in [0.15, 0.2) is 0 Å². The molecule has 2 heterocycles. The summed E-state index contributed by atoms with van der Waals surface area (Å²) in [5, 5.41) is 1.47. The zero-order valence-electron chi connectivity index (χ0n) is 16.7. The molecular formula is C23H22N4O2. The summed E-state index contributed by atoms with van der Waals surface area (Å²) in [5.74, 6) is 0.335. The predicted octanol–water partition coefficient (Wildman–Crippen LogP) is 3.75. The molecule has 0 atom stereocenters. The Labute approximate surface area is 168 Å². The molecule has 4 aromatic rings. The van der Waals surface area contributed by atoms with Gasteiger partial charge in [-0.2, -0.15) is 0 Å². The first-order chi connectivity index (χ1) is 14.0. The van der Waals surface area contributed by atoms with Gasteiger partial charge in [0.05, 0.1) is 34.2 Å². The van der Waals surface area contributed by atoms with Crippen LogP contribution in [0.2, 0.25) is 0 Å². The highest BCUT2D eigenvalue weighted by Crippen LogP contribution is 2.20. The maximum Gasteiger partial charge on any atom is 0.258 e. The predicted molar refractivity (Wildman–Crippen MR) is 114 cm³/mol. The van der Waals surface area contributed by atoms with Crippen LogP contribution in [0.1, 0.15) is 34.4 Å². The molecule has 2 aromatic heterocycles. The van der Waals surface area contributed by atoms with Crippen LogP contribution in [-0.4, -0.2) is 32.3 Å². The maximum atomic E-state index is 13.2. The third-order valence-corrected chi connectivity index (χ3v) is 5.07. The van der Waals surface area contributed by atoms with Crippen molar-refractivity contribution in [1.29, 1.82) is 0 Å². The molecule has 2 aromatic carbocycles. The van der Waals surface area contributed by atoms with Crippen LogP contribution in [0.4, 0.5) is 0 Å². The number of hydrogen-bond donors (Lipinski definition) is 1. The highest BCUT2D eigenvalue weighted by atomic mass is 16.2. The first kappa shape index (κ1) is 18.8. The summed E-state index contributed by atoms with van der Waals surface area (Å²) < 4.78 is 0. The van der Waals surface area contributed by atoms with Gasteiger partial charge in [0.2, 0.25) is 0 Å². The van der Waals surface area contributed by atoms with Crippen molar-refractivity contribution in [2.45, 2.75) is 27.3 Å². The summed E-state index contributed by atoms with van der Waals surface area (Å²) in [5.41, 5.74) is 3.67. The Morgan fingerprint density at radius 2 is 1.83 bits per heavy atom. The Hall–Kier alpha value is -3.54. The van der Waals surface area contributed by atoms with E-state index in [2.05, 4.69) is 15.0 Å². The van der Waals surface area contributed by atoms with Gasteiger partial charge in [-0.05, 0) is 50.6 Å². The van der Waals surface area contributed by atoms with Crippen molar-refractivity contribution in [3.63, 3.8) is 0 Å². The molecule has 4 rings (SSSR count). The van der Waals surface area contributed by atoms with Gasteiger partial charge in [0.1, 0.15) is 5.82 Å². The normalized spacial score (nSPS) is 11.1. The number of benzene rings is 2. The van der Waals surface area contributed by atoms with Gasteiger partial charge in [-0.1, -0.05) is 24.3 Å². The number of para-hydroxylation sites is 1. The van der Waals surface area contributed by atoms with E-state index in [4.69, 9.17) is 0 Å². The van der Waals surface area contributed by atoms with Crippen molar-refractivity contribution < 1.29 is 4.79 Å². The first-order valence-electron chi connectivity index (χ1n) is 9.61. The molecule has 0 aliphatic carbocycles. The molecule has 6 heteroatoms. The van der Waals surface area contributed by atoms with Gasteiger partial charge in [0.25, 0.3) is 11.5 Å². The van der Waals surface area contributed by atoms with E-state index in [1.165, 1.54) is 0 Å². The number of carbonyl (C=O) groups is 1. The van der Waals surface area contributed by atoms with Gasteiger partial charge in [-0.15, -0.1) is 0 Å². The van der Waals surface area contributed by atoms with Crippen molar-refractivity contribution in [2.75, 3.05) is 6.54 Å². The number of fused-ring (bicyclic) bond motifs is 2. The van der Waals surface area contributed by atoms with Gasteiger partial charge in [0, 0.05) is 11.9 Å². The van der Waals surface area contributed by atoms with E-state index in [0.29, 0.717) is 34.5 Å². The fraction of sp³-hybridized carbons (Fsp3) is 0.217. The quantitative estimate of drug-likeness (QED) is 0.579. The van der Waals surface area contributed by atoms with E-state index in [9.17, 15) is 9.59 Å². The van der Waals surface area contributed by atoms with Crippen LogP contribution >= 0.6 is 0 Å². The van der Waals surface area contributed by atoms with Gasteiger partial charge in [-0.3, -0.25) is 14.6 Å². The van der Waals surface area contributed by atoms with E-state index in [0.717, 1.165) is 16.5 Å². The zero-order valence-corrected chi connectivity index (χ0v) is 16.7. The minimum Gasteiger partial charge on any atom is -0.331 e. The Kier molecular flexibility index (Phi) is 4.84. The molecule has 0 saturated heterocycles. The minimum atomic E-state index is -0.201. The van der Waals surface area contributed by atoms with Crippen LogP contribution in [0, 0.1) is 13.8 Å². The van der Waals surface area contributed by atoms with E-state index in [-0.39, 0.29) is 18.0 Å². The number of aromatic nitrogens is 3. The van der Waals surface area contributed by atoms with E-state index in [1.807, 2.05) is 51.1 Å². The third-order valence-electron chi connectivity index (χ3n) is 5.07. The zero-order chi connectivity index (χ0) is 20.5. The Morgan fingerprint density at radius 1 is 1.03 bits per heavy atom. The summed E-state index contributed by atoms with van der Waals surface area (Å²) in [4.78, 5) is 39.1. The molecule has 1 N–H and O–H groups in total.